The van der Waals surface area contributed by atoms with Gasteiger partial charge in [-0.05, 0) is 26.7 Å². The van der Waals surface area contributed by atoms with Gasteiger partial charge in [0, 0.05) is 50.5 Å². The summed E-state index contributed by atoms with van der Waals surface area (Å²) in [6.07, 6.45) is 2.07. The zero-order valence-corrected chi connectivity index (χ0v) is 23.2. The predicted octanol–water partition coefficient (Wildman–Crippen LogP) is 2.22. The van der Waals surface area contributed by atoms with Crippen molar-refractivity contribution in [3.8, 4) is 0 Å². The van der Waals surface area contributed by atoms with Gasteiger partial charge in [0.25, 0.3) is 0 Å². The molecule has 2 N–H and O–H groups in total. The van der Waals surface area contributed by atoms with E-state index in [0.29, 0.717) is 12.8 Å². The highest BCUT2D eigenvalue weighted by atomic mass is 32.3. The summed E-state index contributed by atoms with van der Waals surface area (Å²) in [4.78, 5) is 28.0. The molecule has 11 nitrogen and oxygen atoms in total. The van der Waals surface area contributed by atoms with E-state index in [-0.39, 0.29) is 31.2 Å². The minimum absolute atomic E-state index is 0.0326. The first-order valence-corrected chi connectivity index (χ1v) is 15.5. The van der Waals surface area contributed by atoms with Crippen molar-refractivity contribution in [2.45, 2.75) is 44.8 Å². The van der Waals surface area contributed by atoms with Crippen LogP contribution >= 0.6 is 0 Å². The zero-order valence-electron chi connectivity index (χ0n) is 21.5. The number of aromatic carboxylic acids is 1. The number of benzene rings is 1. The fraction of sp³-hybridized carbons (Fsp3) is 0.565. The monoisotopic (exact) mass is 612 g/mol. The number of halogens is 4. The highest BCUT2D eigenvalue weighted by Crippen LogP contribution is 2.43. The fourth-order valence-electron chi connectivity index (χ4n) is 5.25. The van der Waals surface area contributed by atoms with Gasteiger partial charge >= 0.3 is 26.4 Å². The largest absolute Gasteiger partial charge is 0.477 e. The average Bonchev–Trinajstić information content (AvgIpc) is 3.64. The molecule has 0 bridgehead atoms. The van der Waals surface area contributed by atoms with Gasteiger partial charge in [-0.25, -0.2) is 13.6 Å². The third-order valence-electron chi connectivity index (χ3n) is 7.16. The van der Waals surface area contributed by atoms with Crippen LogP contribution in [0, 0.1) is 11.6 Å². The number of nitrogens with zero attached hydrogens (tertiary/aromatic N) is 3. The van der Waals surface area contributed by atoms with Gasteiger partial charge in [0.05, 0.1) is 28.1 Å². The molecule has 1 aliphatic carbocycles. The van der Waals surface area contributed by atoms with Crippen molar-refractivity contribution >= 4 is 48.7 Å². The fourth-order valence-corrected chi connectivity index (χ4v) is 6.03. The number of hydrogen-bond acceptors (Lipinski definition) is 9. The number of nitrogens with one attached hydrogen (secondary N) is 1. The van der Waals surface area contributed by atoms with Crippen molar-refractivity contribution in [2.75, 3.05) is 47.9 Å². The van der Waals surface area contributed by atoms with Gasteiger partial charge in [-0.3, -0.25) is 9.69 Å². The van der Waals surface area contributed by atoms with Gasteiger partial charge in [0.1, 0.15) is 11.3 Å². The molecular formula is C23H28F4N4O7S2. The normalized spacial score (nSPS) is 20.7. The Balaban J connectivity index is 1.88. The SMILES string of the molecule is C[C@@H]1CN(c2c(F)c(NCCS(=O)(=O)F)c3c(=O)c(C(=O)O)cn(C4CC4)c3c2F)C[C@H](C)N1CCS(=O)(=O)F. The van der Waals surface area contributed by atoms with Gasteiger partial charge in [-0.1, -0.05) is 0 Å². The Bertz CT molecular complexity index is 1620. The molecule has 1 aromatic heterocycles. The summed E-state index contributed by atoms with van der Waals surface area (Å²) in [5, 5.41) is 11.3. The van der Waals surface area contributed by atoms with Crippen molar-refractivity contribution in [3.05, 3.63) is 33.6 Å². The predicted molar refractivity (Wildman–Crippen MR) is 139 cm³/mol. The molecule has 2 atom stereocenters. The second-order valence-electron chi connectivity index (χ2n) is 10.1. The molecule has 1 saturated heterocycles. The van der Waals surface area contributed by atoms with Crippen molar-refractivity contribution in [1.82, 2.24) is 9.47 Å². The van der Waals surface area contributed by atoms with Crippen LogP contribution in [0.25, 0.3) is 10.9 Å². The summed E-state index contributed by atoms with van der Waals surface area (Å²) < 4.78 is 104. The number of piperazine rings is 1. The Hall–Kier alpha value is -2.92. The Labute approximate surface area is 227 Å². The molecule has 40 heavy (non-hydrogen) atoms. The maximum absolute atomic E-state index is 16.3. The van der Waals surface area contributed by atoms with Crippen LogP contribution in [0.3, 0.4) is 0 Å². The molecule has 4 rings (SSSR count). The zero-order chi connectivity index (χ0) is 29.7. The summed E-state index contributed by atoms with van der Waals surface area (Å²) in [6.45, 7) is 2.41. The van der Waals surface area contributed by atoms with E-state index >= 15 is 8.78 Å². The van der Waals surface area contributed by atoms with Crippen LogP contribution in [0.15, 0.2) is 11.0 Å². The van der Waals surface area contributed by atoms with Crippen LogP contribution in [-0.2, 0) is 20.4 Å². The van der Waals surface area contributed by atoms with Crippen LogP contribution < -0.4 is 15.6 Å². The van der Waals surface area contributed by atoms with Crippen LogP contribution in [0.1, 0.15) is 43.1 Å². The van der Waals surface area contributed by atoms with E-state index in [1.807, 2.05) is 0 Å². The van der Waals surface area contributed by atoms with Crippen molar-refractivity contribution in [1.29, 1.82) is 0 Å². The molecule has 17 heteroatoms. The van der Waals surface area contributed by atoms with Crippen LogP contribution in [0.2, 0.25) is 0 Å². The molecule has 2 fully saturated rings. The van der Waals surface area contributed by atoms with Gasteiger partial charge < -0.3 is 19.9 Å². The topological polar surface area (TPSA) is 146 Å². The highest BCUT2D eigenvalue weighted by molar-refractivity contribution is 7.86. The first-order chi connectivity index (χ1) is 18.5. The average molecular weight is 613 g/mol. The standard InChI is InChI=1S/C23H28F4N4O7S2/c1-12-9-29(10-13(2)30(12)6-8-40(27,37)38)21-17(24)19(28-5-7-39(26,35)36)16-20(18(21)25)31(14-3-4-14)11-15(22(16)32)23(33)34/h11-14,28H,3-10H2,1-2H3,(H,33,34)/t12-,13+. The Morgan fingerprint density at radius 2 is 1.60 bits per heavy atom. The van der Waals surface area contributed by atoms with E-state index in [0.717, 1.165) is 6.20 Å². The lowest BCUT2D eigenvalue weighted by molar-refractivity contribution is 0.0694. The summed E-state index contributed by atoms with van der Waals surface area (Å²) in [5.74, 6) is -5.93. The summed E-state index contributed by atoms with van der Waals surface area (Å²) in [7, 11) is -9.75. The number of anilines is 2. The Morgan fingerprint density at radius 1 is 1.02 bits per heavy atom. The first kappa shape index (κ1) is 30.0. The van der Waals surface area contributed by atoms with Gasteiger partial charge in [-0.15, -0.1) is 7.77 Å². The molecule has 2 aromatic rings. The molecule has 0 spiro atoms. The molecule has 0 amide bonds. The Morgan fingerprint density at radius 3 is 2.10 bits per heavy atom. The molecule has 2 aliphatic rings. The molecule has 0 radical (unpaired) electrons. The number of rotatable bonds is 10. The number of fused-ring (bicyclic) bond motifs is 1. The molecular weight excluding hydrogens is 584 g/mol. The van der Waals surface area contributed by atoms with E-state index in [2.05, 4.69) is 5.32 Å². The van der Waals surface area contributed by atoms with E-state index in [1.165, 1.54) is 9.47 Å². The summed E-state index contributed by atoms with van der Waals surface area (Å²) in [5.41, 5.74) is -3.57. The number of pyridine rings is 1. The second-order valence-corrected chi connectivity index (χ2v) is 13.1. The number of hydrogen-bond donors (Lipinski definition) is 2. The minimum Gasteiger partial charge on any atom is -0.477 e. The lowest BCUT2D eigenvalue weighted by Crippen LogP contribution is -2.58. The van der Waals surface area contributed by atoms with Crippen molar-refractivity contribution < 1.29 is 43.3 Å². The summed E-state index contributed by atoms with van der Waals surface area (Å²) in [6, 6.07) is -1.35. The quantitative estimate of drug-likeness (QED) is 0.303. The highest BCUT2D eigenvalue weighted by Gasteiger charge is 2.37. The maximum atomic E-state index is 16.3. The molecule has 1 aliphatic heterocycles. The van der Waals surface area contributed by atoms with Crippen LogP contribution in [0.5, 0.6) is 0 Å². The van der Waals surface area contributed by atoms with Crippen LogP contribution in [-0.4, -0.2) is 87.1 Å². The number of carbonyl (C=O) groups is 1. The molecule has 2 heterocycles. The first-order valence-electron chi connectivity index (χ1n) is 12.4. The lowest BCUT2D eigenvalue weighted by Gasteiger charge is -2.45. The maximum Gasteiger partial charge on any atom is 0.341 e. The van der Waals surface area contributed by atoms with Crippen molar-refractivity contribution in [3.63, 3.8) is 0 Å². The van der Waals surface area contributed by atoms with Gasteiger partial charge in [0.15, 0.2) is 11.6 Å². The Kier molecular flexibility index (Phi) is 8.12. The third-order valence-corrected chi connectivity index (χ3v) is 8.52. The molecule has 1 saturated carbocycles. The number of carboxylic acids is 1. The number of aromatic nitrogens is 1. The second kappa shape index (κ2) is 10.8. The third kappa shape index (κ3) is 6.20. The minimum atomic E-state index is -5.00. The van der Waals surface area contributed by atoms with E-state index < -0.39 is 95.9 Å². The van der Waals surface area contributed by atoms with E-state index in [4.69, 9.17) is 0 Å². The molecule has 0 unspecified atom stereocenters. The van der Waals surface area contributed by atoms with E-state index in [1.54, 1.807) is 18.7 Å². The van der Waals surface area contributed by atoms with Crippen molar-refractivity contribution in [2.24, 2.45) is 0 Å². The van der Waals surface area contributed by atoms with Gasteiger partial charge in [-0.2, -0.15) is 16.8 Å². The molecule has 222 valence electrons. The lowest BCUT2D eigenvalue weighted by atomic mass is 10.0. The van der Waals surface area contributed by atoms with Crippen LogP contribution in [0.4, 0.5) is 27.9 Å². The molecule has 1 aromatic carbocycles. The smallest absolute Gasteiger partial charge is 0.341 e. The number of carboxylic acid groups (broad SMARTS) is 1. The van der Waals surface area contributed by atoms with Gasteiger partial charge in [0.2, 0.25) is 5.43 Å². The summed E-state index contributed by atoms with van der Waals surface area (Å²) >= 11 is 0. The van der Waals surface area contributed by atoms with E-state index in [9.17, 15) is 39.3 Å².